The van der Waals surface area contributed by atoms with Gasteiger partial charge in [0.25, 0.3) is 0 Å². The molecule has 5 atom stereocenters. The fraction of sp³-hybridized carbons (Fsp3) is 0.538. The van der Waals surface area contributed by atoms with E-state index in [0.717, 1.165) is 36.8 Å². The first-order chi connectivity index (χ1) is 14.8. The van der Waals surface area contributed by atoms with Crippen LogP contribution in [0.4, 0.5) is 0 Å². The summed E-state index contributed by atoms with van der Waals surface area (Å²) in [6.45, 7) is 6.01. The smallest absolute Gasteiger partial charge is 0.113 e. The van der Waals surface area contributed by atoms with Gasteiger partial charge >= 0.3 is 0 Å². The van der Waals surface area contributed by atoms with Crippen molar-refractivity contribution < 1.29 is 25.2 Å². The van der Waals surface area contributed by atoms with Crippen LogP contribution in [0.25, 0.3) is 0 Å². The molecule has 1 aliphatic heterocycles. The van der Waals surface area contributed by atoms with Crippen LogP contribution < -0.4 is 0 Å². The summed E-state index contributed by atoms with van der Waals surface area (Å²) in [4.78, 5) is 0. The van der Waals surface area contributed by atoms with E-state index in [0.29, 0.717) is 5.92 Å². The van der Waals surface area contributed by atoms with Gasteiger partial charge in [0, 0.05) is 0 Å². The van der Waals surface area contributed by atoms with Crippen LogP contribution in [0.1, 0.15) is 71.2 Å². The average molecular weight is 427 g/mol. The Morgan fingerprint density at radius 1 is 0.968 bits per heavy atom. The van der Waals surface area contributed by atoms with E-state index >= 15 is 0 Å². The van der Waals surface area contributed by atoms with Crippen molar-refractivity contribution in [1.29, 1.82) is 0 Å². The molecule has 5 heteroatoms. The van der Waals surface area contributed by atoms with Crippen LogP contribution in [-0.4, -0.2) is 51.4 Å². The maximum absolute atomic E-state index is 10.7. The number of fused-ring (bicyclic) bond motifs is 1. The Labute approximate surface area is 184 Å². The second-order valence-electron chi connectivity index (χ2n) is 9.38. The van der Waals surface area contributed by atoms with Gasteiger partial charge in [-0.25, -0.2) is 0 Å². The molecule has 2 aromatic rings. The van der Waals surface area contributed by atoms with Crippen LogP contribution in [0.15, 0.2) is 30.3 Å². The molecule has 0 aromatic heterocycles. The SMILES string of the molecule is Cc1c(C2OC(CO)C(O)C(O)C2O)cc(Cc2ccc(C(C)C)cc2)c2c1CCC2. The summed E-state index contributed by atoms with van der Waals surface area (Å²) < 4.78 is 5.89. The minimum atomic E-state index is -1.37. The molecule has 1 aliphatic carbocycles. The lowest BCUT2D eigenvalue weighted by atomic mass is 9.84. The normalized spacial score (nSPS) is 28.2. The first-order valence-electron chi connectivity index (χ1n) is 11.3. The van der Waals surface area contributed by atoms with Gasteiger partial charge in [-0.1, -0.05) is 44.2 Å². The quantitative estimate of drug-likeness (QED) is 0.590. The summed E-state index contributed by atoms with van der Waals surface area (Å²) >= 11 is 0. The molecule has 2 aliphatic rings. The summed E-state index contributed by atoms with van der Waals surface area (Å²) in [7, 11) is 0. The highest BCUT2D eigenvalue weighted by molar-refractivity contribution is 5.50. The van der Waals surface area contributed by atoms with Crippen molar-refractivity contribution in [3.63, 3.8) is 0 Å². The van der Waals surface area contributed by atoms with E-state index in [1.807, 2.05) is 6.92 Å². The zero-order valence-corrected chi connectivity index (χ0v) is 18.6. The molecule has 5 nitrogen and oxygen atoms in total. The Kier molecular flexibility index (Phi) is 6.52. The second-order valence-corrected chi connectivity index (χ2v) is 9.38. The van der Waals surface area contributed by atoms with Gasteiger partial charge in [-0.15, -0.1) is 0 Å². The Bertz CT molecular complexity index is 918. The maximum Gasteiger partial charge on any atom is 0.113 e. The molecule has 0 bridgehead atoms. The lowest BCUT2D eigenvalue weighted by molar-refractivity contribution is -0.231. The highest BCUT2D eigenvalue weighted by Crippen LogP contribution is 2.39. The molecule has 1 saturated heterocycles. The number of rotatable bonds is 5. The van der Waals surface area contributed by atoms with Gasteiger partial charge in [0.2, 0.25) is 0 Å². The van der Waals surface area contributed by atoms with Crippen molar-refractivity contribution in [3.05, 3.63) is 69.3 Å². The minimum absolute atomic E-state index is 0.416. The van der Waals surface area contributed by atoms with Crippen LogP contribution in [-0.2, 0) is 24.0 Å². The maximum atomic E-state index is 10.7. The Hall–Kier alpha value is -1.76. The third kappa shape index (κ3) is 4.18. The third-order valence-electron chi connectivity index (χ3n) is 7.06. The van der Waals surface area contributed by atoms with Crippen LogP contribution in [0, 0.1) is 6.92 Å². The highest BCUT2D eigenvalue weighted by Gasteiger charge is 2.44. The van der Waals surface area contributed by atoms with Gasteiger partial charge in [-0.2, -0.15) is 0 Å². The number of hydrogen-bond acceptors (Lipinski definition) is 5. The number of aliphatic hydroxyl groups excluding tert-OH is 4. The molecule has 5 unspecified atom stereocenters. The topological polar surface area (TPSA) is 90.2 Å². The number of benzene rings is 2. The standard InChI is InChI=1S/C26H34O5/c1-14(2)17-9-7-16(8-10-17)11-18-12-21(15(3)19-5-4-6-20(18)19)26-25(30)24(29)23(28)22(13-27)31-26/h7-10,12,14,22-30H,4-6,11,13H2,1-3H3. The first kappa shape index (κ1) is 22.4. The number of aliphatic hydroxyl groups is 4. The highest BCUT2D eigenvalue weighted by atomic mass is 16.5. The lowest BCUT2D eigenvalue weighted by Gasteiger charge is -2.41. The van der Waals surface area contributed by atoms with Crippen molar-refractivity contribution in [1.82, 2.24) is 0 Å². The zero-order valence-electron chi connectivity index (χ0n) is 18.6. The van der Waals surface area contributed by atoms with Crippen molar-refractivity contribution in [2.24, 2.45) is 0 Å². The van der Waals surface area contributed by atoms with E-state index in [-0.39, 0.29) is 0 Å². The Balaban J connectivity index is 1.71. The second kappa shape index (κ2) is 9.00. The van der Waals surface area contributed by atoms with E-state index in [4.69, 9.17) is 4.74 Å². The van der Waals surface area contributed by atoms with Crippen molar-refractivity contribution >= 4 is 0 Å². The van der Waals surface area contributed by atoms with Gasteiger partial charge in [0.1, 0.15) is 30.5 Å². The molecule has 1 heterocycles. The van der Waals surface area contributed by atoms with Crippen molar-refractivity contribution in [2.75, 3.05) is 6.61 Å². The summed E-state index contributed by atoms with van der Waals surface area (Å²) in [6, 6.07) is 10.8. The van der Waals surface area contributed by atoms with Gasteiger partial charge in [0.05, 0.1) is 6.61 Å². The van der Waals surface area contributed by atoms with E-state index in [1.54, 1.807) is 0 Å². The predicted octanol–water partition coefficient (Wildman–Crippen LogP) is 2.71. The lowest BCUT2D eigenvalue weighted by Crippen LogP contribution is -2.55. The fourth-order valence-electron chi connectivity index (χ4n) is 5.12. The molecule has 0 radical (unpaired) electrons. The van der Waals surface area contributed by atoms with Gasteiger partial charge in [-0.05, 0) is 77.5 Å². The van der Waals surface area contributed by atoms with Crippen LogP contribution in [0.5, 0.6) is 0 Å². The third-order valence-corrected chi connectivity index (χ3v) is 7.06. The number of hydrogen-bond donors (Lipinski definition) is 4. The Morgan fingerprint density at radius 2 is 1.65 bits per heavy atom. The molecule has 0 saturated carbocycles. The summed E-state index contributed by atoms with van der Waals surface area (Å²) in [5, 5.41) is 40.7. The molecule has 4 rings (SSSR count). The van der Waals surface area contributed by atoms with E-state index in [1.165, 1.54) is 27.8 Å². The van der Waals surface area contributed by atoms with Gasteiger partial charge in [-0.3, -0.25) is 0 Å². The largest absolute Gasteiger partial charge is 0.394 e. The summed E-state index contributed by atoms with van der Waals surface area (Å²) in [5.41, 5.74) is 8.40. The molecule has 0 spiro atoms. The average Bonchev–Trinajstić information content (AvgIpc) is 3.26. The van der Waals surface area contributed by atoms with Crippen molar-refractivity contribution in [2.45, 2.75) is 82.9 Å². The molecule has 2 aromatic carbocycles. The Morgan fingerprint density at radius 3 is 2.29 bits per heavy atom. The molecular formula is C26H34O5. The first-order valence-corrected chi connectivity index (χ1v) is 11.3. The van der Waals surface area contributed by atoms with Crippen LogP contribution >= 0.6 is 0 Å². The molecule has 4 N–H and O–H groups in total. The predicted molar refractivity (Wildman–Crippen MR) is 119 cm³/mol. The molecule has 1 fully saturated rings. The zero-order chi connectivity index (χ0) is 22.3. The monoisotopic (exact) mass is 426 g/mol. The fourth-order valence-corrected chi connectivity index (χ4v) is 5.12. The molecular weight excluding hydrogens is 392 g/mol. The molecule has 0 amide bonds. The number of ether oxygens (including phenoxy) is 1. The van der Waals surface area contributed by atoms with E-state index in [9.17, 15) is 20.4 Å². The van der Waals surface area contributed by atoms with Crippen LogP contribution in [0.3, 0.4) is 0 Å². The molecule has 31 heavy (non-hydrogen) atoms. The van der Waals surface area contributed by atoms with Gasteiger partial charge < -0.3 is 25.2 Å². The van der Waals surface area contributed by atoms with Gasteiger partial charge in [0.15, 0.2) is 0 Å². The minimum Gasteiger partial charge on any atom is -0.394 e. The van der Waals surface area contributed by atoms with E-state index < -0.39 is 37.1 Å². The summed E-state index contributed by atoms with van der Waals surface area (Å²) in [5.74, 6) is 0.496. The van der Waals surface area contributed by atoms with Crippen molar-refractivity contribution in [3.8, 4) is 0 Å². The van der Waals surface area contributed by atoms with Crippen LogP contribution in [0.2, 0.25) is 0 Å². The molecule has 168 valence electrons. The van der Waals surface area contributed by atoms with E-state index in [2.05, 4.69) is 44.2 Å². The summed E-state index contributed by atoms with van der Waals surface area (Å²) in [6.07, 6.45) is -1.71.